The molecule has 1 aliphatic rings. The van der Waals surface area contributed by atoms with Crippen LogP contribution in [0.1, 0.15) is 30.0 Å². The van der Waals surface area contributed by atoms with Gasteiger partial charge in [0, 0.05) is 12.6 Å². The average Bonchev–Trinajstić information content (AvgIpc) is 3.09. The first-order valence-electron chi connectivity index (χ1n) is 8.44. The van der Waals surface area contributed by atoms with Crippen LogP contribution in [0.15, 0.2) is 36.4 Å². The molecule has 1 atom stereocenters. The number of hydrogen-bond donors (Lipinski definition) is 0. The first-order valence-corrected chi connectivity index (χ1v) is 8.44. The summed E-state index contributed by atoms with van der Waals surface area (Å²) in [6.45, 7) is 1.79. The first-order chi connectivity index (χ1) is 12.2. The summed E-state index contributed by atoms with van der Waals surface area (Å²) in [5, 5.41) is 0. The summed E-state index contributed by atoms with van der Waals surface area (Å²) in [7, 11) is 4.85. The van der Waals surface area contributed by atoms with Crippen molar-refractivity contribution in [2.45, 2.75) is 25.4 Å². The molecule has 1 saturated heterocycles. The highest BCUT2D eigenvalue weighted by Crippen LogP contribution is 2.40. The third-order valence-electron chi connectivity index (χ3n) is 4.73. The molecule has 134 valence electrons. The van der Waals surface area contributed by atoms with E-state index in [1.807, 2.05) is 24.3 Å². The summed E-state index contributed by atoms with van der Waals surface area (Å²) in [6.07, 6.45) is 2.21. The van der Waals surface area contributed by atoms with Crippen molar-refractivity contribution in [2.24, 2.45) is 0 Å². The van der Waals surface area contributed by atoms with Crippen LogP contribution in [-0.2, 0) is 6.54 Å². The minimum atomic E-state index is -0.196. The van der Waals surface area contributed by atoms with Crippen molar-refractivity contribution in [3.8, 4) is 17.2 Å². The van der Waals surface area contributed by atoms with E-state index >= 15 is 0 Å². The van der Waals surface area contributed by atoms with Gasteiger partial charge in [-0.05, 0) is 54.8 Å². The second-order valence-electron chi connectivity index (χ2n) is 6.21. The van der Waals surface area contributed by atoms with Gasteiger partial charge in [0.25, 0.3) is 0 Å². The van der Waals surface area contributed by atoms with Crippen LogP contribution < -0.4 is 14.2 Å². The van der Waals surface area contributed by atoms with Crippen LogP contribution in [0.5, 0.6) is 17.2 Å². The van der Waals surface area contributed by atoms with Gasteiger partial charge in [-0.1, -0.05) is 12.1 Å². The maximum absolute atomic E-state index is 13.2. The average molecular weight is 345 g/mol. The van der Waals surface area contributed by atoms with Crippen LogP contribution >= 0.6 is 0 Å². The molecule has 1 aliphatic heterocycles. The van der Waals surface area contributed by atoms with Crippen LogP contribution in [0.2, 0.25) is 0 Å². The highest BCUT2D eigenvalue weighted by Gasteiger charge is 2.26. The molecular weight excluding hydrogens is 321 g/mol. The maximum Gasteiger partial charge on any atom is 0.203 e. The van der Waals surface area contributed by atoms with Gasteiger partial charge in [-0.3, -0.25) is 4.90 Å². The van der Waals surface area contributed by atoms with Gasteiger partial charge in [-0.2, -0.15) is 0 Å². The van der Waals surface area contributed by atoms with Crippen molar-refractivity contribution < 1.29 is 18.6 Å². The molecule has 0 amide bonds. The standard InChI is InChI=1S/C20H24FNO3/c1-23-18-11-14(12-19(24-2)20(18)25-3)13-22-10-4-5-17(22)15-6-8-16(21)9-7-15/h6-9,11-12,17H,4-5,10,13H2,1-3H3/t17-/m1/s1. The van der Waals surface area contributed by atoms with Crippen molar-refractivity contribution in [3.05, 3.63) is 53.3 Å². The molecule has 2 aromatic rings. The van der Waals surface area contributed by atoms with Gasteiger partial charge >= 0.3 is 0 Å². The minimum Gasteiger partial charge on any atom is -0.493 e. The fraction of sp³-hybridized carbons (Fsp3) is 0.400. The largest absolute Gasteiger partial charge is 0.493 e. The van der Waals surface area contributed by atoms with Gasteiger partial charge in [0.05, 0.1) is 21.3 Å². The molecule has 0 bridgehead atoms. The predicted octanol–water partition coefficient (Wildman–Crippen LogP) is 4.19. The van der Waals surface area contributed by atoms with Crippen LogP contribution in [0.4, 0.5) is 4.39 Å². The van der Waals surface area contributed by atoms with Gasteiger partial charge in [0.15, 0.2) is 11.5 Å². The summed E-state index contributed by atoms with van der Waals surface area (Å²) in [4.78, 5) is 2.41. The molecule has 4 nitrogen and oxygen atoms in total. The smallest absolute Gasteiger partial charge is 0.203 e. The molecule has 2 aromatic carbocycles. The summed E-state index contributed by atoms with van der Waals surface area (Å²) >= 11 is 0. The normalized spacial score (nSPS) is 17.5. The second kappa shape index (κ2) is 7.74. The van der Waals surface area contributed by atoms with E-state index in [9.17, 15) is 4.39 Å². The fourth-order valence-electron chi connectivity index (χ4n) is 3.54. The first kappa shape index (κ1) is 17.5. The molecule has 0 aromatic heterocycles. The summed E-state index contributed by atoms with van der Waals surface area (Å²) in [5.41, 5.74) is 2.26. The molecule has 0 unspecified atom stereocenters. The molecular formula is C20H24FNO3. The van der Waals surface area contributed by atoms with Gasteiger partial charge < -0.3 is 14.2 Å². The molecule has 1 fully saturated rings. The Morgan fingerprint density at radius 3 is 2.20 bits per heavy atom. The Morgan fingerprint density at radius 1 is 1.00 bits per heavy atom. The van der Waals surface area contributed by atoms with E-state index < -0.39 is 0 Å². The molecule has 3 rings (SSSR count). The second-order valence-corrected chi connectivity index (χ2v) is 6.21. The lowest BCUT2D eigenvalue weighted by molar-refractivity contribution is 0.247. The Bertz CT molecular complexity index is 692. The minimum absolute atomic E-state index is 0.196. The molecule has 25 heavy (non-hydrogen) atoms. The van der Waals surface area contributed by atoms with Gasteiger partial charge in [0.1, 0.15) is 5.82 Å². The summed E-state index contributed by atoms with van der Waals surface area (Å²) in [6, 6.07) is 11.1. The van der Waals surface area contributed by atoms with Crippen molar-refractivity contribution in [1.29, 1.82) is 0 Å². The summed E-state index contributed by atoms with van der Waals surface area (Å²) < 4.78 is 29.5. The topological polar surface area (TPSA) is 30.9 Å². The third-order valence-corrected chi connectivity index (χ3v) is 4.73. The van der Waals surface area contributed by atoms with Gasteiger partial charge in [0.2, 0.25) is 5.75 Å². The maximum atomic E-state index is 13.2. The highest BCUT2D eigenvalue weighted by atomic mass is 19.1. The van der Waals surface area contributed by atoms with Crippen LogP contribution in [0.3, 0.4) is 0 Å². The van der Waals surface area contributed by atoms with Gasteiger partial charge in [-0.15, -0.1) is 0 Å². The zero-order valence-corrected chi connectivity index (χ0v) is 14.9. The molecule has 0 N–H and O–H groups in total. The molecule has 0 radical (unpaired) electrons. The quantitative estimate of drug-likeness (QED) is 0.785. The molecule has 0 spiro atoms. The van der Waals surface area contributed by atoms with Crippen LogP contribution in [0.25, 0.3) is 0 Å². The van der Waals surface area contributed by atoms with E-state index in [1.54, 1.807) is 21.3 Å². The third kappa shape index (κ3) is 3.71. The molecule has 0 aliphatic carbocycles. The van der Waals surface area contributed by atoms with E-state index in [1.165, 1.54) is 12.1 Å². The monoisotopic (exact) mass is 345 g/mol. The lowest BCUT2D eigenvalue weighted by Gasteiger charge is -2.25. The lowest BCUT2D eigenvalue weighted by atomic mass is 10.0. The van der Waals surface area contributed by atoms with Crippen molar-refractivity contribution in [2.75, 3.05) is 27.9 Å². The van der Waals surface area contributed by atoms with E-state index in [0.29, 0.717) is 23.3 Å². The number of halogens is 1. The molecule has 0 saturated carbocycles. The van der Waals surface area contributed by atoms with E-state index in [0.717, 1.165) is 37.1 Å². The Labute approximate surface area is 148 Å². The van der Waals surface area contributed by atoms with E-state index in [2.05, 4.69) is 4.90 Å². The predicted molar refractivity (Wildman–Crippen MR) is 94.9 cm³/mol. The van der Waals surface area contributed by atoms with Crippen molar-refractivity contribution >= 4 is 0 Å². The van der Waals surface area contributed by atoms with Crippen molar-refractivity contribution in [3.63, 3.8) is 0 Å². The SMILES string of the molecule is COc1cc(CN2CCC[C@@H]2c2ccc(F)cc2)cc(OC)c1OC. The molecule has 1 heterocycles. The number of benzene rings is 2. The molecule has 5 heteroatoms. The number of likely N-dealkylation sites (tertiary alicyclic amines) is 1. The number of hydrogen-bond acceptors (Lipinski definition) is 4. The number of ether oxygens (including phenoxy) is 3. The number of nitrogens with zero attached hydrogens (tertiary/aromatic N) is 1. The van der Waals surface area contributed by atoms with Gasteiger partial charge in [-0.25, -0.2) is 4.39 Å². The van der Waals surface area contributed by atoms with Crippen molar-refractivity contribution in [1.82, 2.24) is 4.90 Å². The Kier molecular flexibility index (Phi) is 5.43. The number of methoxy groups -OCH3 is 3. The Balaban J connectivity index is 1.84. The van der Waals surface area contributed by atoms with E-state index in [4.69, 9.17) is 14.2 Å². The zero-order valence-electron chi connectivity index (χ0n) is 14.9. The highest BCUT2D eigenvalue weighted by molar-refractivity contribution is 5.53. The number of rotatable bonds is 6. The van der Waals surface area contributed by atoms with Crippen LogP contribution in [-0.4, -0.2) is 32.8 Å². The Morgan fingerprint density at radius 2 is 1.64 bits per heavy atom. The Hall–Kier alpha value is -2.27. The van der Waals surface area contributed by atoms with E-state index in [-0.39, 0.29) is 5.82 Å². The lowest BCUT2D eigenvalue weighted by Crippen LogP contribution is -2.22. The summed E-state index contributed by atoms with van der Waals surface area (Å²) in [5.74, 6) is 1.73. The zero-order chi connectivity index (χ0) is 17.8. The fourth-order valence-corrected chi connectivity index (χ4v) is 3.54. The van der Waals surface area contributed by atoms with Crippen LogP contribution in [0, 0.1) is 5.82 Å².